The van der Waals surface area contributed by atoms with Crippen LogP contribution in [0.4, 0.5) is 13.2 Å². The molecular formula is C8H16F3N. The Morgan fingerprint density at radius 2 is 1.67 bits per heavy atom. The summed E-state index contributed by atoms with van der Waals surface area (Å²) in [6.45, 7) is 5.48. The Balaban J connectivity index is 3.44. The lowest BCUT2D eigenvalue weighted by molar-refractivity contribution is -0.125. The van der Waals surface area contributed by atoms with Crippen molar-refractivity contribution in [3.8, 4) is 0 Å². The first-order valence-electron chi connectivity index (χ1n) is 4.10. The summed E-state index contributed by atoms with van der Waals surface area (Å²) in [7, 11) is 0. The molecule has 0 amide bonds. The summed E-state index contributed by atoms with van der Waals surface area (Å²) in [6.07, 6.45) is -4.09. The molecule has 1 unspecified atom stereocenters. The van der Waals surface area contributed by atoms with Crippen molar-refractivity contribution in [2.45, 2.75) is 26.9 Å². The predicted molar refractivity (Wildman–Crippen MR) is 42.9 cm³/mol. The lowest BCUT2D eigenvalue weighted by Crippen LogP contribution is -2.33. The van der Waals surface area contributed by atoms with Gasteiger partial charge in [-0.3, -0.25) is 0 Å². The number of halogens is 3. The Hall–Kier alpha value is -0.250. The first kappa shape index (κ1) is 11.8. The molecule has 1 atom stereocenters. The van der Waals surface area contributed by atoms with E-state index in [1.54, 1.807) is 0 Å². The topological polar surface area (TPSA) is 12.0 Å². The van der Waals surface area contributed by atoms with Gasteiger partial charge in [-0.15, -0.1) is 0 Å². The highest BCUT2D eigenvalue weighted by Crippen LogP contribution is 2.13. The van der Waals surface area contributed by atoms with Crippen molar-refractivity contribution in [3.63, 3.8) is 0 Å². The highest BCUT2D eigenvalue weighted by Gasteiger charge is 2.26. The van der Waals surface area contributed by atoms with E-state index in [4.69, 9.17) is 0 Å². The van der Waals surface area contributed by atoms with Crippen molar-refractivity contribution in [3.05, 3.63) is 0 Å². The maximum absolute atomic E-state index is 11.6. The van der Waals surface area contributed by atoms with Crippen molar-refractivity contribution in [2.75, 3.05) is 13.1 Å². The van der Waals surface area contributed by atoms with Crippen molar-refractivity contribution in [2.24, 2.45) is 11.8 Å². The van der Waals surface area contributed by atoms with Crippen molar-refractivity contribution in [1.29, 1.82) is 0 Å². The Bertz CT molecular complexity index is 120. The third-order valence-corrected chi connectivity index (χ3v) is 1.93. The molecule has 4 heteroatoms. The number of hydrogen-bond donors (Lipinski definition) is 1. The minimum atomic E-state index is -4.09. The van der Waals surface area contributed by atoms with Gasteiger partial charge < -0.3 is 5.32 Å². The van der Waals surface area contributed by atoms with Crippen LogP contribution in [0.15, 0.2) is 0 Å². The number of nitrogens with one attached hydrogen (secondary N) is 1. The standard InChI is InChI=1S/C8H16F3N/c1-6(2)7(3)4-12-5-8(9,10)11/h6-7,12H,4-5H2,1-3H3. The SMILES string of the molecule is CC(C)C(C)CNCC(F)(F)F. The molecule has 0 heterocycles. The average Bonchev–Trinajstić information content (AvgIpc) is 1.84. The number of rotatable bonds is 4. The highest BCUT2D eigenvalue weighted by molar-refractivity contribution is 4.62. The van der Waals surface area contributed by atoms with Crippen LogP contribution in [-0.4, -0.2) is 19.3 Å². The van der Waals surface area contributed by atoms with Crippen LogP contribution in [0.25, 0.3) is 0 Å². The molecule has 0 bridgehead atoms. The molecule has 12 heavy (non-hydrogen) atoms. The van der Waals surface area contributed by atoms with Crippen LogP contribution in [0, 0.1) is 11.8 Å². The van der Waals surface area contributed by atoms with Gasteiger partial charge in [0.25, 0.3) is 0 Å². The van der Waals surface area contributed by atoms with Crippen molar-refractivity contribution in [1.82, 2.24) is 5.32 Å². The molecule has 0 radical (unpaired) electrons. The maximum Gasteiger partial charge on any atom is 0.401 e. The fourth-order valence-corrected chi connectivity index (χ4v) is 0.677. The normalized spacial score (nSPS) is 15.2. The Morgan fingerprint density at radius 3 is 2.00 bits per heavy atom. The van der Waals surface area contributed by atoms with Crippen LogP contribution < -0.4 is 5.32 Å². The molecule has 0 fully saturated rings. The summed E-state index contributed by atoms with van der Waals surface area (Å²) in [5, 5.41) is 2.38. The smallest absolute Gasteiger partial charge is 0.308 e. The third-order valence-electron chi connectivity index (χ3n) is 1.93. The first-order chi connectivity index (χ1) is 5.33. The predicted octanol–water partition coefficient (Wildman–Crippen LogP) is 2.43. The fraction of sp³-hybridized carbons (Fsp3) is 1.00. The molecular weight excluding hydrogens is 167 g/mol. The molecule has 0 aromatic rings. The molecule has 0 aromatic heterocycles. The molecule has 74 valence electrons. The molecule has 0 aromatic carbocycles. The second-order valence-corrected chi connectivity index (χ2v) is 3.47. The summed E-state index contributed by atoms with van der Waals surface area (Å²) >= 11 is 0. The van der Waals surface area contributed by atoms with Crippen LogP contribution in [-0.2, 0) is 0 Å². The summed E-state index contributed by atoms with van der Waals surface area (Å²) in [5.74, 6) is 0.707. The summed E-state index contributed by atoms with van der Waals surface area (Å²) in [5.41, 5.74) is 0. The van der Waals surface area contributed by atoms with E-state index in [1.807, 2.05) is 20.8 Å². The molecule has 0 saturated heterocycles. The minimum absolute atomic E-state index is 0.285. The van der Waals surface area contributed by atoms with E-state index in [-0.39, 0.29) is 5.92 Å². The van der Waals surface area contributed by atoms with Gasteiger partial charge in [0, 0.05) is 0 Å². The zero-order valence-corrected chi connectivity index (χ0v) is 7.70. The van der Waals surface area contributed by atoms with Crippen LogP contribution in [0.2, 0.25) is 0 Å². The summed E-state index contributed by atoms with van der Waals surface area (Å²) in [4.78, 5) is 0. The molecule has 1 nitrogen and oxygen atoms in total. The van der Waals surface area contributed by atoms with Crippen LogP contribution in [0.1, 0.15) is 20.8 Å². The molecule has 0 aliphatic carbocycles. The van der Waals surface area contributed by atoms with E-state index >= 15 is 0 Å². The third kappa shape index (κ3) is 6.46. The lowest BCUT2D eigenvalue weighted by Gasteiger charge is -2.16. The van der Waals surface area contributed by atoms with Gasteiger partial charge in [0.05, 0.1) is 6.54 Å². The van der Waals surface area contributed by atoms with Crippen LogP contribution in [0.3, 0.4) is 0 Å². The number of hydrogen-bond acceptors (Lipinski definition) is 1. The average molecular weight is 183 g/mol. The molecule has 0 aliphatic heterocycles. The van der Waals surface area contributed by atoms with Crippen LogP contribution >= 0.6 is 0 Å². The zero-order valence-electron chi connectivity index (χ0n) is 7.70. The maximum atomic E-state index is 11.6. The van der Waals surface area contributed by atoms with Gasteiger partial charge >= 0.3 is 6.18 Å². The van der Waals surface area contributed by atoms with E-state index in [0.717, 1.165) is 0 Å². The van der Waals surface area contributed by atoms with Crippen LogP contribution in [0.5, 0.6) is 0 Å². The first-order valence-corrected chi connectivity index (χ1v) is 4.10. The van der Waals surface area contributed by atoms with Crippen molar-refractivity contribution >= 4 is 0 Å². The quantitative estimate of drug-likeness (QED) is 0.705. The van der Waals surface area contributed by atoms with E-state index in [0.29, 0.717) is 12.5 Å². The summed E-state index contributed by atoms with van der Waals surface area (Å²) in [6, 6.07) is 0. The highest BCUT2D eigenvalue weighted by atomic mass is 19.4. The number of alkyl halides is 3. The van der Waals surface area contributed by atoms with E-state index < -0.39 is 12.7 Å². The van der Waals surface area contributed by atoms with Gasteiger partial charge in [0.2, 0.25) is 0 Å². The van der Waals surface area contributed by atoms with Gasteiger partial charge in [-0.05, 0) is 18.4 Å². The van der Waals surface area contributed by atoms with Gasteiger partial charge in [-0.1, -0.05) is 20.8 Å². The zero-order chi connectivity index (χ0) is 9.78. The second-order valence-electron chi connectivity index (χ2n) is 3.47. The van der Waals surface area contributed by atoms with E-state index in [9.17, 15) is 13.2 Å². The monoisotopic (exact) mass is 183 g/mol. The molecule has 0 saturated carbocycles. The van der Waals surface area contributed by atoms with Gasteiger partial charge in [0.1, 0.15) is 0 Å². The van der Waals surface area contributed by atoms with E-state index in [1.165, 1.54) is 0 Å². The largest absolute Gasteiger partial charge is 0.401 e. The molecule has 0 aliphatic rings. The second kappa shape index (κ2) is 4.70. The lowest BCUT2D eigenvalue weighted by atomic mass is 9.98. The fourth-order valence-electron chi connectivity index (χ4n) is 0.677. The van der Waals surface area contributed by atoms with Gasteiger partial charge in [-0.2, -0.15) is 13.2 Å². The molecule has 1 N–H and O–H groups in total. The molecule has 0 rings (SSSR count). The Labute approximate surface area is 71.3 Å². The van der Waals surface area contributed by atoms with Gasteiger partial charge in [-0.25, -0.2) is 0 Å². The van der Waals surface area contributed by atoms with Gasteiger partial charge in [0.15, 0.2) is 0 Å². The van der Waals surface area contributed by atoms with E-state index in [2.05, 4.69) is 5.32 Å². The Morgan fingerprint density at radius 1 is 1.17 bits per heavy atom. The summed E-state index contributed by atoms with van der Waals surface area (Å²) < 4.78 is 34.9. The van der Waals surface area contributed by atoms with Crippen molar-refractivity contribution < 1.29 is 13.2 Å². The molecule has 0 spiro atoms. The minimum Gasteiger partial charge on any atom is -0.308 e. The Kier molecular flexibility index (Phi) is 4.60.